The van der Waals surface area contributed by atoms with Crippen LogP contribution in [0.4, 0.5) is 4.39 Å². The van der Waals surface area contributed by atoms with Crippen molar-refractivity contribution in [2.45, 2.75) is 26.8 Å². The average Bonchev–Trinajstić information content (AvgIpc) is 2.67. The minimum atomic E-state index is -0.353. The van der Waals surface area contributed by atoms with Gasteiger partial charge >= 0.3 is 0 Å². The number of benzene rings is 1. The third kappa shape index (κ3) is 9.89. The van der Waals surface area contributed by atoms with Gasteiger partial charge in [0.15, 0.2) is 5.96 Å². The first kappa shape index (κ1) is 25.1. The van der Waals surface area contributed by atoms with Crippen LogP contribution < -0.4 is 15.4 Å². The Kier molecular flexibility index (Phi) is 12.2. The minimum absolute atomic E-state index is 0. The third-order valence-electron chi connectivity index (χ3n) is 3.91. The van der Waals surface area contributed by atoms with Gasteiger partial charge in [0.25, 0.3) is 0 Å². The van der Waals surface area contributed by atoms with Crippen LogP contribution in [-0.4, -0.2) is 37.7 Å². The fraction of sp³-hybridized carbons (Fsp3) is 0.429. The summed E-state index contributed by atoms with van der Waals surface area (Å²) < 4.78 is 24.7. The summed E-state index contributed by atoms with van der Waals surface area (Å²) in [5.41, 5.74) is 0.836. The molecule has 8 heteroatoms. The number of pyridine rings is 1. The summed E-state index contributed by atoms with van der Waals surface area (Å²) in [7, 11) is 1.71. The number of guanidine groups is 1. The van der Waals surface area contributed by atoms with Gasteiger partial charge in [0.2, 0.25) is 5.88 Å². The quantitative estimate of drug-likeness (QED) is 0.213. The summed E-state index contributed by atoms with van der Waals surface area (Å²) in [4.78, 5) is 8.45. The van der Waals surface area contributed by atoms with Crippen LogP contribution in [0.5, 0.6) is 11.6 Å². The topological polar surface area (TPSA) is 67.8 Å². The molecule has 1 heterocycles. The monoisotopic (exact) mass is 516 g/mol. The van der Waals surface area contributed by atoms with Gasteiger partial charge in [-0.1, -0.05) is 26.0 Å². The Morgan fingerprint density at radius 3 is 2.72 bits per heavy atom. The Morgan fingerprint density at radius 2 is 2.00 bits per heavy atom. The van der Waals surface area contributed by atoms with Gasteiger partial charge < -0.3 is 20.1 Å². The molecule has 0 radical (unpaired) electrons. The van der Waals surface area contributed by atoms with E-state index in [0.717, 1.165) is 18.6 Å². The molecular weight excluding hydrogens is 486 g/mol. The number of aliphatic imine (C=N–C) groups is 1. The molecule has 1 aromatic heterocycles. The second-order valence-electron chi connectivity index (χ2n) is 6.67. The number of hydrogen-bond donors (Lipinski definition) is 2. The number of halogens is 2. The molecule has 0 fully saturated rings. The second-order valence-corrected chi connectivity index (χ2v) is 6.67. The van der Waals surface area contributed by atoms with Crippen LogP contribution >= 0.6 is 24.0 Å². The van der Waals surface area contributed by atoms with Crippen LogP contribution in [0.2, 0.25) is 0 Å². The van der Waals surface area contributed by atoms with Gasteiger partial charge in [0, 0.05) is 44.6 Å². The lowest BCUT2D eigenvalue weighted by Gasteiger charge is -2.14. The van der Waals surface area contributed by atoms with Crippen molar-refractivity contribution in [3.05, 3.63) is 54.0 Å². The molecule has 0 bridgehead atoms. The summed E-state index contributed by atoms with van der Waals surface area (Å²) in [5.74, 6) is 1.78. The molecule has 29 heavy (non-hydrogen) atoms. The van der Waals surface area contributed by atoms with Crippen LogP contribution in [-0.2, 0) is 11.3 Å². The summed E-state index contributed by atoms with van der Waals surface area (Å²) in [5, 5.41) is 6.43. The highest BCUT2D eigenvalue weighted by Gasteiger charge is 2.08. The van der Waals surface area contributed by atoms with Gasteiger partial charge in [0.1, 0.15) is 11.6 Å². The zero-order valence-electron chi connectivity index (χ0n) is 17.2. The second kappa shape index (κ2) is 14.1. The van der Waals surface area contributed by atoms with Gasteiger partial charge in [0.05, 0.1) is 6.61 Å². The van der Waals surface area contributed by atoms with Crippen LogP contribution in [0.25, 0.3) is 0 Å². The lowest BCUT2D eigenvalue weighted by molar-refractivity contribution is 0.128. The summed E-state index contributed by atoms with van der Waals surface area (Å²) in [6.07, 6.45) is 2.70. The number of hydrogen-bond acceptors (Lipinski definition) is 4. The number of rotatable bonds is 10. The first-order chi connectivity index (χ1) is 13.6. The van der Waals surface area contributed by atoms with Crippen molar-refractivity contribution in [2.24, 2.45) is 10.9 Å². The number of aromatic nitrogens is 1. The van der Waals surface area contributed by atoms with E-state index < -0.39 is 0 Å². The lowest BCUT2D eigenvalue weighted by Crippen LogP contribution is -2.38. The largest absolute Gasteiger partial charge is 0.439 e. The van der Waals surface area contributed by atoms with E-state index >= 15 is 0 Å². The molecule has 1 aromatic carbocycles. The fourth-order valence-corrected chi connectivity index (χ4v) is 2.35. The molecule has 0 unspecified atom stereocenters. The van der Waals surface area contributed by atoms with E-state index in [-0.39, 0.29) is 29.8 Å². The first-order valence-electron chi connectivity index (χ1n) is 9.48. The van der Waals surface area contributed by atoms with Crippen LogP contribution in [0, 0.1) is 11.7 Å². The van der Waals surface area contributed by atoms with Crippen molar-refractivity contribution in [1.29, 1.82) is 0 Å². The SMILES string of the molecule is CN=C(NCCOCCC(C)C)NCc1cccnc1Oc1cccc(F)c1.I. The van der Waals surface area contributed by atoms with Gasteiger partial charge in [-0.05, 0) is 30.5 Å². The Balaban J connectivity index is 0.00000420. The van der Waals surface area contributed by atoms with Crippen LogP contribution in [0.15, 0.2) is 47.6 Å². The molecule has 2 rings (SSSR count). The maximum atomic E-state index is 13.4. The van der Waals surface area contributed by atoms with E-state index in [2.05, 4.69) is 34.5 Å². The van der Waals surface area contributed by atoms with Gasteiger partial charge in [-0.3, -0.25) is 4.99 Å². The standard InChI is InChI=1S/C21H29FN4O2.HI/c1-16(2)9-12-27-13-11-25-21(23-3)26-15-17-6-5-10-24-20(17)28-19-8-4-7-18(22)14-19;/h4-8,10,14,16H,9,11-13,15H2,1-3H3,(H2,23,25,26);1H. The smallest absolute Gasteiger partial charge is 0.224 e. The van der Waals surface area contributed by atoms with Crippen molar-refractivity contribution in [1.82, 2.24) is 15.6 Å². The molecule has 0 saturated heterocycles. The number of nitrogens with one attached hydrogen (secondary N) is 2. The highest BCUT2D eigenvalue weighted by molar-refractivity contribution is 14.0. The molecule has 0 aliphatic rings. The summed E-state index contributed by atoms with van der Waals surface area (Å²) >= 11 is 0. The van der Waals surface area contributed by atoms with E-state index in [4.69, 9.17) is 9.47 Å². The van der Waals surface area contributed by atoms with Gasteiger partial charge in [-0.25, -0.2) is 9.37 Å². The number of ether oxygens (including phenoxy) is 2. The van der Waals surface area contributed by atoms with Crippen LogP contribution in [0.1, 0.15) is 25.8 Å². The molecule has 0 aliphatic heterocycles. The predicted octanol–water partition coefficient (Wildman–Crippen LogP) is 4.36. The maximum Gasteiger partial charge on any atom is 0.224 e. The summed E-state index contributed by atoms with van der Waals surface area (Å²) in [6, 6.07) is 9.71. The Morgan fingerprint density at radius 1 is 1.17 bits per heavy atom. The minimum Gasteiger partial charge on any atom is -0.439 e. The molecule has 0 spiro atoms. The van der Waals surface area contributed by atoms with Crippen molar-refractivity contribution in [3.63, 3.8) is 0 Å². The molecule has 0 saturated carbocycles. The van der Waals surface area contributed by atoms with E-state index in [1.807, 2.05) is 12.1 Å². The molecule has 2 aromatic rings. The fourth-order valence-electron chi connectivity index (χ4n) is 2.35. The highest BCUT2D eigenvalue weighted by atomic mass is 127. The van der Waals surface area contributed by atoms with Crippen molar-refractivity contribution < 1.29 is 13.9 Å². The Hall–Kier alpha value is -1.94. The lowest BCUT2D eigenvalue weighted by atomic mass is 10.1. The van der Waals surface area contributed by atoms with Crippen LogP contribution in [0.3, 0.4) is 0 Å². The number of nitrogens with zero attached hydrogens (tertiary/aromatic N) is 2. The molecule has 6 nitrogen and oxygen atoms in total. The van der Waals surface area contributed by atoms with Crippen molar-refractivity contribution in [2.75, 3.05) is 26.8 Å². The molecule has 0 aliphatic carbocycles. The highest BCUT2D eigenvalue weighted by Crippen LogP contribution is 2.23. The normalized spacial score (nSPS) is 11.1. The average molecular weight is 516 g/mol. The molecule has 160 valence electrons. The van der Waals surface area contributed by atoms with E-state index in [0.29, 0.717) is 43.2 Å². The van der Waals surface area contributed by atoms with Gasteiger partial charge in [-0.15, -0.1) is 24.0 Å². The van der Waals surface area contributed by atoms with Gasteiger partial charge in [-0.2, -0.15) is 0 Å². The maximum absolute atomic E-state index is 13.4. The summed E-state index contributed by atoms with van der Waals surface area (Å²) in [6.45, 7) is 6.87. The van der Waals surface area contributed by atoms with E-state index in [9.17, 15) is 4.39 Å². The molecule has 0 atom stereocenters. The Labute approximate surface area is 189 Å². The van der Waals surface area contributed by atoms with E-state index in [1.54, 1.807) is 25.4 Å². The van der Waals surface area contributed by atoms with E-state index in [1.165, 1.54) is 12.1 Å². The predicted molar refractivity (Wildman–Crippen MR) is 125 cm³/mol. The third-order valence-corrected chi connectivity index (χ3v) is 3.91. The van der Waals surface area contributed by atoms with Crippen molar-refractivity contribution >= 4 is 29.9 Å². The van der Waals surface area contributed by atoms with Crippen molar-refractivity contribution in [3.8, 4) is 11.6 Å². The Bertz CT molecular complexity index is 759. The zero-order valence-corrected chi connectivity index (χ0v) is 19.5. The molecule has 2 N–H and O–H groups in total. The molecule has 0 amide bonds. The zero-order chi connectivity index (χ0) is 20.2. The first-order valence-corrected chi connectivity index (χ1v) is 9.48. The molecular formula is C21H30FIN4O2.